The fraction of sp³-hybridized carbons (Fsp3) is 0.586. The minimum atomic E-state index is 0.442. The normalized spacial score (nSPS) is 26.7. The fourth-order valence-electron chi connectivity index (χ4n) is 6.36. The molecule has 2 aromatic rings. The van der Waals surface area contributed by atoms with E-state index >= 15 is 0 Å². The van der Waals surface area contributed by atoms with E-state index in [1.165, 1.54) is 49.7 Å². The molecule has 2 aliphatic rings. The van der Waals surface area contributed by atoms with Gasteiger partial charge in [0.05, 0.1) is 0 Å². The van der Waals surface area contributed by atoms with Crippen molar-refractivity contribution in [1.82, 2.24) is 0 Å². The van der Waals surface area contributed by atoms with Gasteiger partial charge in [0, 0.05) is 6.42 Å². The first-order chi connectivity index (χ1) is 14.8. The summed E-state index contributed by atoms with van der Waals surface area (Å²) in [5.74, 6) is 3.02. The van der Waals surface area contributed by atoms with Crippen LogP contribution in [0.5, 0.6) is 11.5 Å². The van der Waals surface area contributed by atoms with Gasteiger partial charge >= 0.3 is 0 Å². The maximum absolute atomic E-state index is 11.3. The number of phenols is 2. The Morgan fingerprint density at radius 3 is 1.42 bits per heavy atom. The van der Waals surface area contributed by atoms with E-state index in [-0.39, 0.29) is 0 Å². The van der Waals surface area contributed by atoms with Gasteiger partial charge in [-0.25, -0.2) is 0 Å². The monoisotopic (exact) mass is 420 g/mol. The highest BCUT2D eigenvalue weighted by molar-refractivity contribution is 5.52. The van der Waals surface area contributed by atoms with Gasteiger partial charge in [0.2, 0.25) is 0 Å². The van der Waals surface area contributed by atoms with Crippen molar-refractivity contribution in [3.05, 3.63) is 57.6 Å². The predicted molar refractivity (Wildman–Crippen MR) is 129 cm³/mol. The molecule has 2 aliphatic carbocycles. The van der Waals surface area contributed by atoms with E-state index in [0.29, 0.717) is 41.6 Å². The number of hydrogen-bond acceptors (Lipinski definition) is 2. The van der Waals surface area contributed by atoms with Crippen LogP contribution in [-0.2, 0) is 6.42 Å². The zero-order valence-electron chi connectivity index (χ0n) is 19.9. The lowest BCUT2D eigenvalue weighted by atomic mass is 9.74. The average molecular weight is 421 g/mol. The molecule has 0 saturated heterocycles. The number of aromatic hydroxyl groups is 2. The van der Waals surface area contributed by atoms with Crippen molar-refractivity contribution >= 4 is 0 Å². The third kappa shape index (κ3) is 4.64. The van der Waals surface area contributed by atoms with Crippen molar-refractivity contribution in [2.75, 3.05) is 0 Å². The summed E-state index contributed by atoms with van der Waals surface area (Å²) in [5, 5.41) is 22.6. The van der Waals surface area contributed by atoms with Crippen LogP contribution in [0.15, 0.2) is 24.3 Å². The molecule has 2 saturated carbocycles. The predicted octanol–water partition coefficient (Wildman–Crippen LogP) is 7.89. The second-order valence-electron chi connectivity index (χ2n) is 10.6. The summed E-state index contributed by atoms with van der Waals surface area (Å²) in [4.78, 5) is 0. The molecule has 4 rings (SSSR count). The van der Waals surface area contributed by atoms with Gasteiger partial charge < -0.3 is 10.2 Å². The van der Waals surface area contributed by atoms with Gasteiger partial charge in [-0.2, -0.15) is 0 Å². The zero-order valence-corrected chi connectivity index (χ0v) is 19.9. The average Bonchev–Trinajstić information content (AvgIpc) is 2.74. The number of aryl methyl sites for hydroxylation is 2. The minimum absolute atomic E-state index is 0.442. The van der Waals surface area contributed by atoms with Gasteiger partial charge in [0.15, 0.2) is 0 Å². The maximum atomic E-state index is 11.3. The van der Waals surface area contributed by atoms with Crippen LogP contribution in [0.1, 0.15) is 110 Å². The number of phenolic OH excluding ortho intramolecular Hbond substituents is 2. The van der Waals surface area contributed by atoms with Crippen LogP contribution in [0, 0.1) is 25.7 Å². The lowest BCUT2D eigenvalue weighted by molar-refractivity contribution is 0.320. The molecule has 0 radical (unpaired) electrons. The number of hydrogen-bond donors (Lipinski definition) is 2. The van der Waals surface area contributed by atoms with Crippen LogP contribution in [-0.4, -0.2) is 10.2 Å². The van der Waals surface area contributed by atoms with Crippen LogP contribution in [0.2, 0.25) is 0 Å². The van der Waals surface area contributed by atoms with Gasteiger partial charge in [0.1, 0.15) is 11.5 Å². The molecule has 2 aromatic carbocycles. The van der Waals surface area contributed by atoms with Gasteiger partial charge in [0.25, 0.3) is 0 Å². The number of benzene rings is 2. The summed E-state index contributed by atoms with van der Waals surface area (Å²) in [6.07, 6.45) is 10.5. The first kappa shape index (κ1) is 22.2. The summed E-state index contributed by atoms with van der Waals surface area (Å²) in [6.45, 7) is 8.92. The van der Waals surface area contributed by atoms with E-state index in [4.69, 9.17) is 0 Å². The highest BCUT2D eigenvalue weighted by atomic mass is 16.3. The molecule has 2 nitrogen and oxygen atoms in total. The van der Waals surface area contributed by atoms with E-state index in [2.05, 4.69) is 52.0 Å². The molecule has 0 aromatic heterocycles. The first-order valence-corrected chi connectivity index (χ1v) is 12.5. The van der Waals surface area contributed by atoms with Gasteiger partial charge in [-0.1, -0.05) is 87.8 Å². The SMILES string of the molecule is Cc1cc(Cc2cc(C)cc(C3CCCCC3C)c2O)c(O)c(C2CCCCC2C)c1. The molecule has 2 heteroatoms. The second-order valence-corrected chi connectivity index (χ2v) is 10.6. The molecule has 4 atom stereocenters. The van der Waals surface area contributed by atoms with E-state index in [1.54, 1.807) is 0 Å². The molecule has 2 fully saturated rings. The van der Waals surface area contributed by atoms with Crippen LogP contribution < -0.4 is 0 Å². The van der Waals surface area contributed by atoms with E-state index in [0.717, 1.165) is 35.1 Å². The Balaban J connectivity index is 1.69. The highest BCUT2D eigenvalue weighted by Gasteiger charge is 2.28. The summed E-state index contributed by atoms with van der Waals surface area (Å²) in [5.41, 5.74) is 6.56. The van der Waals surface area contributed by atoms with Gasteiger partial charge in [-0.15, -0.1) is 0 Å². The molecule has 4 unspecified atom stereocenters. The third-order valence-electron chi connectivity index (χ3n) is 8.13. The van der Waals surface area contributed by atoms with Crippen molar-refractivity contribution in [2.24, 2.45) is 11.8 Å². The molecule has 0 amide bonds. The number of rotatable bonds is 4. The zero-order chi connectivity index (χ0) is 22.1. The van der Waals surface area contributed by atoms with Gasteiger partial charge in [-0.05, 0) is 72.6 Å². The fourth-order valence-corrected chi connectivity index (χ4v) is 6.36. The molecule has 0 aliphatic heterocycles. The van der Waals surface area contributed by atoms with Crippen molar-refractivity contribution in [1.29, 1.82) is 0 Å². The van der Waals surface area contributed by atoms with Crippen molar-refractivity contribution in [3.63, 3.8) is 0 Å². The molecular weight excluding hydrogens is 380 g/mol. The maximum Gasteiger partial charge on any atom is 0.122 e. The quantitative estimate of drug-likeness (QED) is 0.528. The minimum Gasteiger partial charge on any atom is -0.507 e. The van der Waals surface area contributed by atoms with Crippen LogP contribution in [0.3, 0.4) is 0 Å². The summed E-state index contributed by atoms with van der Waals surface area (Å²) in [7, 11) is 0. The highest BCUT2D eigenvalue weighted by Crippen LogP contribution is 2.45. The summed E-state index contributed by atoms with van der Waals surface area (Å²) < 4.78 is 0. The molecule has 31 heavy (non-hydrogen) atoms. The Labute approximate surface area is 188 Å². The Morgan fingerprint density at radius 2 is 1.03 bits per heavy atom. The standard InChI is InChI=1S/C29H40O2/c1-18-13-22(28(30)26(15-18)24-11-7-5-9-20(24)3)17-23-14-19(2)16-27(29(23)31)25-12-8-6-10-21(25)4/h13-16,20-21,24-25,30-31H,5-12,17H2,1-4H3. The second kappa shape index (κ2) is 9.27. The smallest absolute Gasteiger partial charge is 0.122 e. The lowest BCUT2D eigenvalue weighted by Gasteiger charge is -2.31. The van der Waals surface area contributed by atoms with Gasteiger partial charge in [-0.3, -0.25) is 0 Å². The molecular formula is C29H40O2. The molecule has 168 valence electrons. The van der Waals surface area contributed by atoms with E-state index in [9.17, 15) is 10.2 Å². The lowest BCUT2D eigenvalue weighted by Crippen LogP contribution is -2.16. The summed E-state index contributed by atoms with van der Waals surface area (Å²) in [6, 6.07) is 8.60. The van der Waals surface area contributed by atoms with E-state index < -0.39 is 0 Å². The molecule has 0 spiro atoms. The Hall–Kier alpha value is -1.96. The van der Waals surface area contributed by atoms with Crippen molar-refractivity contribution in [3.8, 4) is 11.5 Å². The molecule has 2 N–H and O–H groups in total. The molecule has 0 bridgehead atoms. The molecule has 0 heterocycles. The van der Waals surface area contributed by atoms with E-state index in [1.807, 2.05) is 0 Å². The topological polar surface area (TPSA) is 40.5 Å². The Morgan fingerprint density at radius 1 is 0.645 bits per heavy atom. The largest absolute Gasteiger partial charge is 0.507 e. The Kier molecular flexibility index (Phi) is 6.65. The third-order valence-corrected chi connectivity index (χ3v) is 8.13. The van der Waals surface area contributed by atoms with Crippen LogP contribution >= 0.6 is 0 Å². The van der Waals surface area contributed by atoms with Crippen molar-refractivity contribution in [2.45, 2.75) is 97.3 Å². The van der Waals surface area contributed by atoms with Crippen LogP contribution in [0.4, 0.5) is 0 Å². The first-order valence-electron chi connectivity index (χ1n) is 12.5. The van der Waals surface area contributed by atoms with Crippen LogP contribution in [0.25, 0.3) is 0 Å². The summed E-state index contributed by atoms with van der Waals surface area (Å²) >= 11 is 0. The van der Waals surface area contributed by atoms with Crippen molar-refractivity contribution < 1.29 is 10.2 Å². The Bertz CT molecular complexity index is 853.